The minimum Gasteiger partial charge on any atom is -0.484 e. The molecule has 21 heavy (non-hydrogen) atoms. The first-order valence-electron chi connectivity index (χ1n) is 6.57. The van der Waals surface area contributed by atoms with Gasteiger partial charge in [-0.25, -0.2) is 4.39 Å². The number of rotatable bonds is 6. The molecule has 1 saturated carbocycles. The van der Waals surface area contributed by atoms with Crippen LogP contribution in [0.5, 0.6) is 5.75 Å². The van der Waals surface area contributed by atoms with Gasteiger partial charge in [0.2, 0.25) is 5.91 Å². The van der Waals surface area contributed by atoms with Crippen molar-refractivity contribution in [2.75, 3.05) is 20.2 Å². The molecule has 0 spiro atoms. The third-order valence-electron chi connectivity index (χ3n) is 3.00. The van der Waals surface area contributed by atoms with E-state index in [2.05, 4.69) is 5.32 Å². The second kappa shape index (κ2) is 6.76. The molecule has 0 saturated heterocycles. The van der Waals surface area contributed by atoms with Crippen molar-refractivity contribution in [3.63, 3.8) is 0 Å². The zero-order valence-corrected chi connectivity index (χ0v) is 12.3. The van der Waals surface area contributed by atoms with Crippen LogP contribution in [-0.2, 0) is 9.59 Å². The summed E-state index contributed by atoms with van der Waals surface area (Å²) in [6.45, 7) is -0.252. The Morgan fingerprint density at radius 1 is 1.48 bits per heavy atom. The first-order valence-corrected chi connectivity index (χ1v) is 6.94. The summed E-state index contributed by atoms with van der Waals surface area (Å²) in [6, 6.07) is 4.10. The zero-order chi connectivity index (χ0) is 15.4. The molecule has 2 rings (SSSR count). The smallest absolute Gasteiger partial charge is 0.260 e. The number of halogens is 2. The van der Waals surface area contributed by atoms with Crippen LogP contribution < -0.4 is 10.1 Å². The average Bonchev–Trinajstić information content (AvgIpc) is 3.23. The lowest BCUT2D eigenvalue weighted by molar-refractivity contribution is -0.136. The molecule has 0 unspecified atom stereocenters. The lowest BCUT2D eigenvalue weighted by atomic mass is 10.3. The summed E-state index contributed by atoms with van der Waals surface area (Å²) < 4.78 is 18.2. The van der Waals surface area contributed by atoms with Crippen molar-refractivity contribution in [2.45, 2.75) is 18.9 Å². The van der Waals surface area contributed by atoms with E-state index >= 15 is 0 Å². The van der Waals surface area contributed by atoms with Gasteiger partial charge in [0.1, 0.15) is 11.6 Å². The summed E-state index contributed by atoms with van der Waals surface area (Å²) in [5.41, 5.74) is 0. The quantitative estimate of drug-likeness (QED) is 0.867. The third-order valence-corrected chi connectivity index (χ3v) is 3.29. The van der Waals surface area contributed by atoms with Gasteiger partial charge in [0, 0.05) is 19.2 Å². The van der Waals surface area contributed by atoms with Gasteiger partial charge in [-0.1, -0.05) is 11.6 Å². The summed E-state index contributed by atoms with van der Waals surface area (Å²) in [4.78, 5) is 24.7. The zero-order valence-electron chi connectivity index (χ0n) is 11.6. The second-order valence-corrected chi connectivity index (χ2v) is 5.36. The molecule has 5 nitrogen and oxygen atoms in total. The summed E-state index contributed by atoms with van der Waals surface area (Å²) in [7, 11) is 1.52. The number of amides is 2. The fourth-order valence-corrected chi connectivity index (χ4v) is 1.80. The molecule has 1 N–H and O–H groups in total. The Kier molecular flexibility index (Phi) is 5.01. The van der Waals surface area contributed by atoms with E-state index in [0.29, 0.717) is 5.75 Å². The maximum absolute atomic E-state index is 13.0. The van der Waals surface area contributed by atoms with Crippen molar-refractivity contribution in [3.05, 3.63) is 29.0 Å². The molecule has 7 heteroatoms. The van der Waals surface area contributed by atoms with E-state index in [4.69, 9.17) is 16.3 Å². The fourth-order valence-electron chi connectivity index (χ4n) is 1.63. The molecular formula is C14H16ClFN2O3. The van der Waals surface area contributed by atoms with Crippen molar-refractivity contribution < 1.29 is 18.7 Å². The number of nitrogens with one attached hydrogen (secondary N) is 1. The molecule has 1 aromatic rings. The normalized spacial score (nSPS) is 13.7. The van der Waals surface area contributed by atoms with Crippen LogP contribution in [0.25, 0.3) is 0 Å². The standard InChI is InChI=1S/C14H16ClFN2O3/c1-18(7-13(19)17-9-2-3-9)14(20)8-21-10-4-5-12(16)11(15)6-10/h4-6,9H,2-3,7-8H2,1H3,(H,17,19). The van der Waals surface area contributed by atoms with Crippen LogP contribution in [-0.4, -0.2) is 43.0 Å². The Hall–Kier alpha value is -1.82. The summed E-state index contributed by atoms with van der Waals surface area (Å²) in [6.07, 6.45) is 2.00. The van der Waals surface area contributed by atoms with Crippen LogP contribution in [0, 0.1) is 5.82 Å². The highest BCUT2D eigenvalue weighted by Gasteiger charge is 2.24. The van der Waals surface area contributed by atoms with Crippen molar-refractivity contribution in [1.82, 2.24) is 10.2 Å². The molecule has 0 aromatic heterocycles. The first-order chi connectivity index (χ1) is 9.95. The van der Waals surface area contributed by atoms with Gasteiger partial charge in [0.15, 0.2) is 6.61 Å². The molecule has 114 valence electrons. The fraction of sp³-hybridized carbons (Fsp3) is 0.429. The summed E-state index contributed by atoms with van der Waals surface area (Å²) in [5, 5.41) is 2.72. The highest BCUT2D eigenvalue weighted by molar-refractivity contribution is 6.30. The van der Waals surface area contributed by atoms with E-state index in [1.54, 1.807) is 0 Å². The van der Waals surface area contributed by atoms with Crippen LogP contribution in [0.2, 0.25) is 5.02 Å². The molecule has 1 fully saturated rings. The first kappa shape index (κ1) is 15.6. The predicted molar refractivity (Wildman–Crippen MR) is 75.7 cm³/mol. The highest BCUT2D eigenvalue weighted by Crippen LogP contribution is 2.21. The molecule has 0 radical (unpaired) electrons. The maximum atomic E-state index is 13.0. The van der Waals surface area contributed by atoms with Crippen molar-refractivity contribution in [1.29, 1.82) is 0 Å². The Balaban J connectivity index is 1.77. The lowest BCUT2D eigenvalue weighted by Crippen LogP contribution is -2.40. The number of hydrogen-bond donors (Lipinski definition) is 1. The average molecular weight is 315 g/mol. The number of benzene rings is 1. The second-order valence-electron chi connectivity index (χ2n) is 4.96. The summed E-state index contributed by atoms with van der Waals surface area (Å²) in [5.74, 6) is -0.783. The van der Waals surface area contributed by atoms with Gasteiger partial charge in [-0.3, -0.25) is 9.59 Å². The Morgan fingerprint density at radius 3 is 2.81 bits per heavy atom. The molecule has 0 aliphatic heterocycles. The number of nitrogens with zero attached hydrogens (tertiary/aromatic N) is 1. The van der Waals surface area contributed by atoms with Gasteiger partial charge in [-0.05, 0) is 25.0 Å². The van der Waals surface area contributed by atoms with Gasteiger partial charge in [-0.15, -0.1) is 0 Å². The van der Waals surface area contributed by atoms with Crippen LogP contribution in [0.4, 0.5) is 4.39 Å². The molecule has 0 bridgehead atoms. The van der Waals surface area contributed by atoms with E-state index in [-0.39, 0.29) is 36.0 Å². The highest BCUT2D eigenvalue weighted by atomic mass is 35.5. The van der Waals surface area contributed by atoms with Crippen molar-refractivity contribution in [2.24, 2.45) is 0 Å². The van der Waals surface area contributed by atoms with Crippen LogP contribution in [0.3, 0.4) is 0 Å². The van der Waals surface area contributed by atoms with Gasteiger partial charge in [0.25, 0.3) is 5.91 Å². The molecule has 1 aliphatic carbocycles. The van der Waals surface area contributed by atoms with E-state index in [1.165, 1.54) is 24.1 Å². The Morgan fingerprint density at radius 2 is 2.19 bits per heavy atom. The molecule has 1 aliphatic rings. The SMILES string of the molecule is CN(CC(=O)NC1CC1)C(=O)COc1ccc(F)c(Cl)c1. The van der Waals surface area contributed by atoms with Gasteiger partial charge < -0.3 is 15.0 Å². The van der Waals surface area contributed by atoms with E-state index in [0.717, 1.165) is 18.9 Å². The predicted octanol–water partition coefficient (Wildman–Crippen LogP) is 1.59. The van der Waals surface area contributed by atoms with E-state index < -0.39 is 5.82 Å². The van der Waals surface area contributed by atoms with Crippen LogP contribution in [0.15, 0.2) is 18.2 Å². The van der Waals surface area contributed by atoms with E-state index in [9.17, 15) is 14.0 Å². The number of ether oxygens (including phenoxy) is 1. The number of likely N-dealkylation sites (N-methyl/N-ethyl adjacent to an activating group) is 1. The number of carbonyl (C=O) groups is 2. The largest absolute Gasteiger partial charge is 0.484 e. The van der Waals surface area contributed by atoms with E-state index in [1.807, 2.05) is 0 Å². The van der Waals surface area contributed by atoms with Gasteiger partial charge in [-0.2, -0.15) is 0 Å². The molecular weight excluding hydrogens is 299 g/mol. The molecule has 1 aromatic carbocycles. The van der Waals surface area contributed by atoms with Crippen molar-refractivity contribution >= 4 is 23.4 Å². The minimum atomic E-state index is -0.552. The lowest BCUT2D eigenvalue weighted by Gasteiger charge is -2.17. The maximum Gasteiger partial charge on any atom is 0.260 e. The molecule has 0 atom stereocenters. The van der Waals surface area contributed by atoms with Crippen LogP contribution >= 0.6 is 11.6 Å². The third kappa shape index (κ3) is 4.90. The Bertz CT molecular complexity index is 549. The number of carbonyl (C=O) groups excluding carboxylic acids is 2. The van der Waals surface area contributed by atoms with Gasteiger partial charge in [0.05, 0.1) is 11.6 Å². The van der Waals surface area contributed by atoms with Crippen LogP contribution in [0.1, 0.15) is 12.8 Å². The monoisotopic (exact) mass is 314 g/mol. The summed E-state index contributed by atoms with van der Waals surface area (Å²) >= 11 is 5.61. The topological polar surface area (TPSA) is 58.6 Å². The molecule has 2 amide bonds. The number of hydrogen-bond acceptors (Lipinski definition) is 3. The van der Waals surface area contributed by atoms with Gasteiger partial charge >= 0.3 is 0 Å². The Labute approximate surface area is 127 Å². The molecule has 0 heterocycles. The van der Waals surface area contributed by atoms with Crippen molar-refractivity contribution in [3.8, 4) is 5.75 Å². The minimum absolute atomic E-state index is 0.0110.